The van der Waals surface area contributed by atoms with Crippen molar-refractivity contribution >= 4 is 11.5 Å². The highest BCUT2D eigenvalue weighted by Gasteiger charge is 2.22. The molecule has 20 heavy (non-hydrogen) atoms. The number of rotatable bonds is 3. The van der Waals surface area contributed by atoms with Gasteiger partial charge in [-0.1, -0.05) is 6.07 Å². The van der Waals surface area contributed by atoms with Crippen molar-refractivity contribution < 1.29 is 19.4 Å². The average molecular weight is 275 g/mol. The second kappa shape index (κ2) is 5.54. The molecule has 2 heterocycles. The molecular formula is C15H17NO4. The van der Waals surface area contributed by atoms with Crippen molar-refractivity contribution in [3.05, 3.63) is 29.8 Å². The molecule has 1 saturated heterocycles. The summed E-state index contributed by atoms with van der Waals surface area (Å²) >= 11 is 0. The van der Waals surface area contributed by atoms with Gasteiger partial charge in [0.05, 0.1) is 0 Å². The predicted octanol–water partition coefficient (Wildman–Crippen LogP) is 1.88. The van der Waals surface area contributed by atoms with E-state index in [1.165, 1.54) is 6.08 Å². The minimum absolute atomic E-state index is 0.226. The predicted molar refractivity (Wildman–Crippen MR) is 73.8 cm³/mol. The molecule has 106 valence electrons. The van der Waals surface area contributed by atoms with Gasteiger partial charge in [0.25, 0.3) is 0 Å². The third-order valence-corrected chi connectivity index (χ3v) is 3.76. The van der Waals surface area contributed by atoms with Crippen LogP contribution < -0.4 is 14.8 Å². The van der Waals surface area contributed by atoms with Crippen LogP contribution in [-0.4, -0.2) is 31.0 Å². The SMILES string of the molecule is O=C(O)/C=C(/c1ccc2c(c1)OCO2)C1CCNCC1. The van der Waals surface area contributed by atoms with E-state index in [0.717, 1.165) is 37.1 Å². The molecule has 5 heteroatoms. The fraction of sp³-hybridized carbons (Fsp3) is 0.400. The Labute approximate surface area is 117 Å². The molecule has 0 bridgehead atoms. The number of piperidine rings is 1. The minimum atomic E-state index is -0.906. The molecule has 0 amide bonds. The van der Waals surface area contributed by atoms with Crippen molar-refractivity contribution in [2.75, 3.05) is 19.9 Å². The Morgan fingerprint density at radius 3 is 2.75 bits per heavy atom. The van der Waals surface area contributed by atoms with Gasteiger partial charge >= 0.3 is 5.97 Å². The van der Waals surface area contributed by atoms with Crippen LogP contribution in [0.15, 0.2) is 24.3 Å². The van der Waals surface area contributed by atoms with Gasteiger partial charge in [0.1, 0.15) is 0 Å². The molecule has 0 saturated carbocycles. The Bertz CT molecular complexity index is 547. The van der Waals surface area contributed by atoms with E-state index in [2.05, 4.69) is 5.32 Å². The van der Waals surface area contributed by atoms with Gasteiger partial charge < -0.3 is 19.9 Å². The number of allylic oxidation sites excluding steroid dienone is 1. The molecule has 0 aromatic heterocycles. The van der Waals surface area contributed by atoms with Crippen LogP contribution in [-0.2, 0) is 4.79 Å². The molecule has 3 rings (SSSR count). The van der Waals surface area contributed by atoms with Crippen LogP contribution >= 0.6 is 0 Å². The number of hydrogen-bond acceptors (Lipinski definition) is 4. The highest BCUT2D eigenvalue weighted by atomic mass is 16.7. The summed E-state index contributed by atoms with van der Waals surface area (Å²) in [5.41, 5.74) is 1.78. The number of carboxylic acid groups (broad SMARTS) is 1. The van der Waals surface area contributed by atoms with Crippen LogP contribution in [0.4, 0.5) is 0 Å². The molecular weight excluding hydrogens is 258 g/mol. The summed E-state index contributed by atoms with van der Waals surface area (Å²) in [5.74, 6) is 0.769. The van der Waals surface area contributed by atoms with Crippen molar-refractivity contribution in [3.63, 3.8) is 0 Å². The molecule has 0 unspecified atom stereocenters. The molecule has 2 N–H and O–H groups in total. The number of carboxylic acids is 1. The largest absolute Gasteiger partial charge is 0.478 e. The monoisotopic (exact) mass is 275 g/mol. The maximum atomic E-state index is 11.1. The van der Waals surface area contributed by atoms with E-state index in [9.17, 15) is 4.79 Å². The van der Waals surface area contributed by atoms with Gasteiger partial charge in [0.2, 0.25) is 6.79 Å². The highest BCUT2D eigenvalue weighted by Crippen LogP contribution is 2.37. The lowest BCUT2D eigenvalue weighted by Crippen LogP contribution is -2.28. The molecule has 0 atom stereocenters. The van der Waals surface area contributed by atoms with Crippen molar-refractivity contribution in [1.82, 2.24) is 5.32 Å². The zero-order valence-electron chi connectivity index (χ0n) is 11.1. The van der Waals surface area contributed by atoms with Gasteiger partial charge in [-0.2, -0.15) is 0 Å². The Balaban J connectivity index is 1.94. The molecule has 0 aliphatic carbocycles. The topological polar surface area (TPSA) is 67.8 Å². The summed E-state index contributed by atoms with van der Waals surface area (Å²) in [4.78, 5) is 11.1. The van der Waals surface area contributed by atoms with Crippen LogP contribution in [0, 0.1) is 5.92 Å². The quantitative estimate of drug-likeness (QED) is 0.824. The second-order valence-electron chi connectivity index (χ2n) is 5.03. The summed E-state index contributed by atoms with van der Waals surface area (Å²) in [6.45, 7) is 2.07. The Morgan fingerprint density at radius 2 is 2.00 bits per heavy atom. The van der Waals surface area contributed by atoms with Crippen LogP contribution in [0.1, 0.15) is 18.4 Å². The standard InChI is InChI=1S/C15H17NO4/c17-15(18)8-12(10-3-5-16-6-4-10)11-1-2-13-14(7-11)20-9-19-13/h1-2,7-8,10,16H,3-6,9H2,(H,17,18)/b12-8+. The lowest BCUT2D eigenvalue weighted by atomic mass is 9.85. The smallest absolute Gasteiger partial charge is 0.328 e. The molecule has 1 aromatic carbocycles. The first-order valence-corrected chi connectivity index (χ1v) is 6.79. The Kier molecular flexibility index (Phi) is 3.60. The van der Waals surface area contributed by atoms with E-state index in [1.54, 1.807) is 0 Å². The summed E-state index contributed by atoms with van der Waals surface area (Å²) in [6, 6.07) is 5.62. The van der Waals surface area contributed by atoms with Crippen molar-refractivity contribution in [2.45, 2.75) is 12.8 Å². The lowest BCUT2D eigenvalue weighted by molar-refractivity contribution is -0.131. The van der Waals surface area contributed by atoms with E-state index >= 15 is 0 Å². The van der Waals surface area contributed by atoms with Crippen LogP contribution in [0.25, 0.3) is 5.57 Å². The molecule has 2 aliphatic rings. The maximum absolute atomic E-state index is 11.1. The first kappa shape index (κ1) is 13.0. The van der Waals surface area contributed by atoms with E-state index in [4.69, 9.17) is 14.6 Å². The molecule has 2 aliphatic heterocycles. The summed E-state index contributed by atoms with van der Waals surface area (Å²) in [6.07, 6.45) is 3.23. The molecule has 1 fully saturated rings. The summed E-state index contributed by atoms with van der Waals surface area (Å²) in [5, 5.41) is 12.4. The lowest BCUT2D eigenvalue weighted by Gasteiger charge is -2.25. The van der Waals surface area contributed by atoms with E-state index in [0.29, 0.717) is 11.5 Å². The fourth-order valence-electron chi connectivity index (χ4n) is 2.78. The van der Waals surface area contributed by atoms with Gasteiger partial charge in [0, 0.05) is 6.08 Å². The Morgan fingerprint density at radius 1 is 1.25 bits per heavy atom. The van der Waals surface area contributed by atoms with Gasteiger partial charge in [-0.05, 0) is 55.1 Å². The minimum Gasteiger partial charge on any atom is -0.478 e. The van der Waals surface area contributed by atoms with E-state index in [1.807, 2.05) is 18.2 Å². The normalized spacial score (nSPS) is 19.1. The number of fused-ring (bicyclic) bond motifs is 1. The van der Waals surface area contributed by atoms with Crippen LogP contribution in [0.5, 0.6) is 11.5 Å². The van der Waals surface area contributed by atoms with Gasteiger partial charge in [0.15, 0.2) is 11.5 Å². The molecule has 0 spiro atoms. The first-order valence-electron chi connectivity index (χ1n) is 6.79. The molecule has 5 nitrogen and oxygen atoms in total. The Hall–Kier alpha value is -2.01. The van der Waals surface area contributed by atoms with Crippen LogP contribution in [0.3, 0.4) is 0 Å². The maximum Gasteiger partial charge on any atom is 0.328 e. The number of aliphatic carboxylic acids is 1. The van der Waals surface area contributed by atoms with E-state index < -0.39 is 5.97 Å². The van der Waals surface area contributed by atoms with Crippen LogP contribution in [0.2, 0.25) is 0 Å². The van der Waals surface area contributed by atoms with Crippen molar-refractivity contribution in [1.29, 1.82) is 0 Å². The summed E-state index contributed by atoms with van der Waals surface area (Å²) in [7, 11) is 0. The second-order valence-corrected chi connectivity index (χ2v) is 5.03. The average Bonchev–Trinajstić information content (AvgIpc) is 2.93. The van der Waals surface area contributed by atoms with Gasteiger partial charge in [-0.15, -0.1) is 0 Å². The molecule has 1 aromatic rings. The number of carbonyl (C=O) groups is 1. The number of benzene rings is 1. The van der Waals surface area contributed by atoms with Crippen molar-refractivity contribution in [3.8, 4) is 11.5 Å². The fourth-order valence-corrected chi connectivity index (χ4v) is 2.78. The molecule has 0 radical (unpaired) electrons. The van der Waals surface area contributed by atoms with Gasteiger partial charge in [-0.25, -0.2) is 4.79 Å². The van der Waals surface area contributed by atoms with Crippen molar-refractivity contribution in [2.24, 2.45) is 5.92 Å². The number of nitrogens with one attached hydrogen (secondary N) is 1. The number of ether oxygens (including phenoxy) is 2. The highest BCUT2D eigenvalue weighted by molar-refractivity contribution is 5.91. The third kappa shape index (κ3) is 2.63. The summed E-state index contributed by atoms with van der Waals surface area (Å²) < 4.78 is 10.7. The zero-order chi connectivity index (χ0) is 13.9. The number of hydrogen-bond donors (Lipinski definition) is 2. The van der Waals surface area contributed by atoms with E-state index in [-0.39, 0.29) is 12.7 Å². The zero-order valence-corrected chi connectivity index (χ0v) is 11.1. The van der Waals surface area contributed by atoms with Gasteiger partial charge in [-0.3, -0.25) is 0 Å². The third-order valence-electron chi connectivity index (χ3n) is 3.76. The first-order chi connectivity index (χ1) is 9.74.